The Morgan fingerprint density at radius 3 is 2.50 bits per heavy atom. The van der Waals surface area contributed by atoms with E-state index in [1.165, 1.54) is 24.0 Å². The summed E-state index contributed by atoms with van der Waals surface area (Å²) in [6.45, 7) is 3.08. The summed E-state index contributed by atoms with van der Waals surface area (Å²) in [5.74, 6) is 0. The Morgan fingerprint density at radius 2 is 1.83 bits per heavy atom. The molecule has 0 unspecified atom stereocenters. The highest BCUT2D eigenvalue weighted by Crippen LogP contribution is 2.18. The topological polar surface area (TPSA) is 30.5 Å². The number of methoxy groups -OCH3 is 1. The van der Waals surface area contributed by atoms with E-state index in [2.05, 4.69) is 29.6 Å². The zero-order valence-corrected chi connectivity index (χ0v) is 11.2. The third-order valence-corrected chi connectivity index (χ3v) is 3.15. The SMILES string of the molecule is COCCOCc1ccc(CCNC2CC2)cc1. The van der Waals surface area contributed by atoms with Crippen molar-refractivity contribution in [2.45, 2.75) is 31.9 Å². The molecule has 0 aliphatic heterocycles. The van der Waals surface area contributed by atoms with Gasteiger partial charge in [0.05, 0.1) is 19.8 Å². The molecule has 100 valence electrons. The van der Waals surface area contributed by atoms with Crippen LogP contribution in [-0.2, 0) is 22.5 Å². The molecule has 18 heavy (non-hydrogen) atoms. The molecule has 0 aromatic heterocycles. The second-order valence-electron chi connectivity index (χ2n) is 4.84. The first kappa shape index (κ1) is 13.5. The maximum absolute atomic E-state index is 5.48. The van der Waals surface area contributed by atoms with Crippen LogP contribution in [0.3, 0.4) is 0 Å². The molecule has 3 nitrogen and oxygen atoms in total. The van der Waals surface area contributed by atoms with Crippen LogP contribution in [0.4, 0.5) is 0 Å². The van der Waals surface area contributed by atoms with Crippen LogP contribution in [0, 0.1) is 0 Å². The van der Waals surface area contributed by atoms with Crippen molar-refractivity contribution in [1.29, 1.82) is 0 Å². The predicted octanol–water partition coefficient (Wildman–Crippen LogP) is 2.14. The van der Waals surface area contributed by atoms with Crippen LogP contribution in [0.25, 0.3) is 0 Å². The summed E-state index contributed by atoms with van der Waals surface area (Å²) < 4.78 is 10.4. The highest BCUT2D eigenvalue weighted by molar-refractivity contribution is 5.22. The van der Waals surface area contributed by atoms with Gasteiger partial charge in [0, 0.05) is 13.2 Å². The van der Waals surface area contributed by atoms with E-state index in [-0.39, 0.29) is 0 Å². The standard InChI is InChI=1S/C15H23NO2/c1-17-10-11-18-12-14-4-2-13(3-5-14)8-9-16-15-6-7-15/h2-5,15-16H,6-12H2,1H3. The van der Waals surface area contributed by atoms with E-state index < -0.39 is 0 Å². The molecule has 1 fully saturated rings. The normalized spacial score (nSPS) is 14.9. The van der Waals surface area contributed by atoms with Gasteiger partial charge in [-0.2, -0.15) is 0 Å². The van der Waals surface area contributed by atoms with Gasteiger partial charge in [-0.1, -0.05) is 24.3 Å². The first-order valence-electron chi connectivity index (χ1n) is 6.76. The minimum Gasteiger partial charge on any atom is -0.382 e. The van der Waals surface area contributed by atoms with Crippen LogP contribution in [0.1, 0.15) is 24.0 Å². The fourth-order valence-electron chi connectivity index (χ4n) is 1.84. The first-order valence-corrected chi connectivity index (χ1v) is 6.76. The molecule has 1 aliphatic carbocycles. The summed E-state index contributed by atoms with van der Waals surface area (Å²) in [5.41, 5.74) is 2.62. The molecule has 1 aromatic rings. The minimum absolute atomic E-state index is 0.656. The lowest BCUT2D eigenvalue weighted by atomic mass is 10.1. The third kappa shape index (κ3) is 5.17. The van der Waals surface area contributed by atoms with Crippen molar-refractivity contribution >= 4 is 0 Å². The largest absolute Gasteiger partial charge is 0.382 e. The van der Waals surface area contributed by atoms with Gasteiger partial charge in [-0.25, -0.2) is 0 Å². The average Bonchev–Trinajstić information content (AvgIpc) is 3.21. The van der Waals surface area contributed by atoms with E-state index in [9.17, 15) is 0 Å². The summed E-state index contributed by atoms with van der Waals surface area (Å²) in [6, 6.07) is 9.50. The van der Waals surface area contributed by atoms with Crippen LogP contribution in [0.2, 0.25) is 0 Å². The Morgan fingerprint density at radius 1 is 1.11 bits per heavy atom. The summed E-state index contributed by atoms with van der Waals surface area (Å²) in [6.07, 6.45) is 3.83. The summed E-state index contributed by atoms with van der Waals surface area (Å²) >= 11 is 0. The van der Waals surface area contributed by atoms with E-state index >= 15 is 0 Å². The lowest BCUT2D eigenvalue weighted by Crippen LogP contribution is -2.19. The zero-order valence-electron chi connectivity index (χ0n) is 11.2. The van der Waals surface area contributed by atoms with Crippen molar-refractivity contribution in [3.63, 3.8) is 0 Å². The van der Waals surface area contributed by atoms with Crippen molar-refractivity contribution in [2.75, 3.05) is 26.9 Å². The van der Waals surface area contributed by atoms with E-state index in [1.807, 2.05) is 0 Å². The van der Waals surface area contributed by atoms with Crippen molar-refractivity contribution < 1.29 is 9.47 Å². The molecule has 0 radical (unpaired) electrons. The average molecular weight is 249 g/mol. The van der Waals surface area contributed by atoms with Crippen LogP contribution < -0.4 is 5.32 Å². The highest BCUT2D eigenvalue weighted by Gasteiger charge is 2.19. The van der Waals surface area contributed by atoms with Gasteiger partial charge in [-0.15, -0.1) is 0 Å². The number of nitrogens with one attached hydrogen (secondary N) is 1. The number of benzene rings is 1. The molecule has 1 aliphatic rings. The third-order valence-electron chi connectivity index (χ3n) is 3.15. The smallest absolute Gasteiger partial charge is 0.0718 e. The Bertz CT molecular complexity index is 333. The summed E-state index contributed by atoms with van der Waals surface area (Å²) in [7, 11) is 1.69. The maximum atomic E-state index is 5.48. The second kappa shape index (κ2) is 7.52. The highest BCUT2D eigenvalue weighted by atomic mass is 16.5. The molecule has 0 heterocycles. The lowest BCUT2D eigenvalue weighted by Gasteiger charge is -2.06. The second-order valence-corrected chi connectivity index (χ2v) is 4.84. The van der Waals surface area contributed by atoms with E-state index in [0.29, 0.717) is 19.8 Å². The first-order chi connectivity index (χ1) is 8.88. The van der Waals surface area contributed by atoms with Crippen molar-refractivity contribution in [3.05, 3.63) is 35.4 Å². The van der Waals surface area contributed by atoms with Crippen LogP contribution >= 0.6 is 0 Å². The van der Waals surface area contributed by atoms with E-state index in [4.69, 9.17) is 9.47 Å². The Balaban J connectivity index is 1.64. The molecule has 1 aromatic carbocycles. The fourth-order valence-corrected chi connectivity index (χ4v) is 1.84. The quantitative estimate of drug-likeness (QED) is 0.680. The molecule has 0 amide bonds. The Kier molecular flexibility index (Phi) is 5.65. The fraction of sp³-hybridized carbons (Fsp3) is 0.600. The monoisotopic (exact) mass is 249 g/mol. The maximum Gasteiger partial charge on any atom is 0.0718 e. The lowest BCUT2D eigenvalue weighted by molar-refractivity contribution is 0.0616. The molecular formula is C15H23NO2. The Hall–Kier alpha value is -0.900. The summed E-state index contributed by atoms with van der Waals surface area (Å²) in [4.78, 5) is 0. The van der Waals surface area contributed by atoms with Crippen LogP contribution in [-0.4, -0.2) is 32.9 Å². The molecular weight excluding hydrogens is 226 g/mol. The van der Waals surface area contributed by atoms with Crippen molar-refractivity contribution in [2.24, 2.45) is 0 Å². The van der Waals surface area contributed by atoms with Gasteiger partial charge >= 0.3 is 0 Å². The Labute approximate surface area is 109 Å². The van der Waals surface area contributed by atoms with Gasteiger partial charge in [0.15, 0.2) is 0 Å². The van der Waals surface area contributed by atoms with Gasteiger partial charge in [0.25, 0.3) is 0 Å². The molecule has 0 bridgehead atoms. The van der Waals surface area contributed by atoms with Gasteiger partial charge in [-0.05, 0) is 36.9 Å². The van der Waals surface area contributed by atoms with Crippen molar-refractivity contribution in [3.8, 4) is 0 Å². The van der Waals surface area contributed by atoms with E-state index in [0.717, 1.165) is 19.0 Å². The van der Waals surface area contributed by atoms with Gasteiger partial charge < -0.3 is 14.8 Å². The molecule has 3 heteroatoms. The molecule has 0 saturated heterocycles. The molecule has 0 spiro atoms. The molecule has 0 atom stereocenters. The van der Waals surface area contributed by atoms with Crippen molar-refractivity contribution in [1.82, 2.24) is 5.32 Å². The van der Waals surface area contributed by atoms with Crippen LogP contribution in [0.5, 0.6) is 0 Å². The zero-order chi connectivity index (χ0) is 12.6. The van der Waals surface area contributed by atoms with Gasteiger partial charge in [0.1, 0.15) is 0 Å². The molecule has 2 rings (SSSR count). The molecule has 1 N–H and O–H groups in total. The summed E-state index contributed by atoms with van der Waals surface area (Å²) in [5, 5.41) is 3.53. The van der Waals surface area contributed by atoms with Gasteiger partial charge in [-0.3, -0.25) is 0 Å². The number of rotatable bonds is 9. The predicted molar refractivity (Wildman–Crippen MR) is 72.7 cm³/mol. The minimum atomic E-state index is 0.656. The van der Waals surface area contributed by atoms with Crippen LogP contribution in [0.15, 0.2) is 24.3 Å². The van der Waals surface area contributed by atoms with E-state index in [1.54, 1.807) is 7.11 Å². The van der Waals surface area contributed by atoms with Gasteiger partial charge in [0.2, 0.25) is 0 Å². The molecule has 1 saturated carbocycles. The number of hydrogen-bond acceptors (Lipinski definition) is 3. The number of ether oxygens (including phenoxy) is 2. The number of hydrogen-bond donors (Lipinski definition) is 1.